The van der Waals surface area contributed by atoms with E-state index in [9.17, 15) is 5.11 Å². The van der Waals surface area contributed by atoms with E-state index in [0.717, 1.165) is 19.3 Å². The number of fused-ring (bicyclic) bond motifs is 3. The third-order valence-corrected chi connectivity index (χ3v) is 4.84. The molecule has 0 aromatic heterocycles. The van der Waals surface area contributed by atoms with Crippen molar-refractivity contribution in [3.63, 3.8) is 0 Å². The summed E-state index contributed by atoms with van der Waals surface area (Å²) in [6.07, 6.45) is 5.64. The molecule has 3 atom stereocenters. The highest BCUT2D eigenvalue weighted by molar-refractivity contribution is 5.38. The van der Waals surface area contributed by atoms with E-state index in [4.69, 9.17) is 0 Å². The minimum atomic E-state index is -0.0768. The van der Waals surface area contributed by atoms with Crippen molar-refractivity contribution in [2.45, 2.75) is 50.5 Å². The van der Waals surface area contributed by atoms with Crippen molar-refractivity contribution in [2.75, 3.05) is 0 Å². The molecule has 1 aromatic carbocycles. The predicted molar refractivity (Wildman–Crippen MR) is 65.5 cm³/mol. The number of aryl methyl sites for hydroxylation is 1. The molecule has 86 valence electrons. The van der Waals surface area contributed by atoms with E-state index >= 15 is 0 Å². The molecule has 0 aliphatic heterocycles. The maximum atomic E-state index is 10.2. The quantitative estimate of drug-likeness (QED) is 0.706. The molecule has 0 unspecified atom stereocenters. The van der Waals surface area contributed by atoms with Crippen molar-refractivity contribution in [1.29, 1.82) is 0 Å². The van der Waals surface area contributed by atoms with Crippen LogP contribution in [0.15, 0.2) is 24.3 Å². The summed E-state index contributed by atoms with van der Waals surface area (Å²) < 4.78 is 0. The van der Waals surface area contributed by atoms with Crippen molar-refractivity contribution in [3.05, 3.63) is 35.4 Å². The second-order valence-corrected chi connectivity index (χ2v) is 5.68. The van der Waals surface area contributed by atoms with Crippen LogP contribution in [-0.4, -0.2) is 11.2 Å². The van der Waals surface area contributed by atoms with Crippen LogP contribution in [0, 0.1) is 5.92 Å². The van der Waals surface area contributed by atoms with E-state index in [1.807, 2.05) is 0 Å². The molecular formula is C15H20O. The molecule has 0 spiro atoms. The Labute approximate surface area is 97.5 Å². The van der Waals surface area contributed by atoms with E-state index in [1.165, 1.54) is 24.0 Å². The van der Waals surface area contributed by atoms with Gasteiger partial charge in [-0.3, -0.25) is 0 Å². The molecule has 0 amide bonds. The minimum Gasteiger partial charge on any atom is -0.393 e. The lowest BCUT2D eigenvalue weighted by Crippen LogP contribution is -2.46. The number of benzene rings is 1. The lowest BCUT2D eigenvalue weighted by atomic mass is 9.57. The van der Waals surface area contributed by atoms with Crippen LogP contribution in [0.4, 0.5) is 0 Å². The van der Waals surface area contributed by atoms with E-state index in [0.29, 0.717) is 5.92 Å². The molecule has 0 radical (unpaired) electrons. The summed E-state index contributed by atoms with van der Waals surface area (Å²) >= 11 is 0. The van der Waals surface area contributed by atoms with Gasteiger partial charge < -0.3 is 5.11 Å². The van der Waals surface area contributed by atoms with Gasteiger partial charge in [0, 0.05) is 0 Å². The van der Waals surface area contributed by atoms with Gasteiger partial charge in [0.2, 0.25) is 0 Å². The summed E-state index contributed by atoms with van der Waals surface area (Å²) in [5.41, 5.74) is 3.24. The van der Waals surface area contributed by atoms with Crippen molar-refractivity contribution < 1.29 is 5.11 Å². The fourth-order valence-electron chi connectivity index (χ4n) is 3.94. The summed E-state index contributed by atoms with van der Waals surface area (Å²) in [5, 5.41) is 10.2. The number of aliphatic hydroxyl groups excluding tert-OH is 1. The zero-order valence-electron chi connectivity index (χ0n) is 9.95. The SMILES string of the molecule is C[C@]12CCC[C@@H](O)[C@H]1CCc1ccccc12. The van der Waals surface area contributed by atoms with Crippen LogP contribution < -0.4 is 0 Å². The van der Waals surface area contributed by atoms with Gasteiger partial charge in [-0.1, -0.05) is 31.2 Å². The maximum Gasteiger partial charge on any atom is 0.0576 e. The van der Waals surface area contributed by atoms with Gasteiger partial charge >= 0.3 is 0 Å². The van der Waals surface area contributed by atoms with Gasteiger partial charge in [0.1, 0.15) is 0 Å². The fraction of sp³-hybridized carbons (Fsp3) is 0.600. The zero-order chi connectivity index (χ0) is 11.2. The molecule has 1 fully saturated rings. The molecule has 0 bridgehead atoms. The molecule has 0 heterocycles. The smallest absolute Gasteiger partial charge is 0.0576 e. The average molecular weight is 216 g/mol. The topological polar surface area (TPSA) is 20.2 Å². The van der Waals surface area contributed by atoms with E-state index in [2.05, 4.69) is 31.2 Å². The van der Waals surface area contributed by atoms with Gasteiger partial charge in [0.25, 0.3) is 0 Å². The highest BCUT2D eigenvalue weighted by Crippen LogP contribution is 2.49. The van der Waals surface area contributed by atoms with Crippen LogP contribution in [0.3, 0.4) is 0 Å². The monoisotopic (exact) mass is 216 g/mol. The number of aliphatic hydroxyl groups is 1. The Kier molecular flexibility index (Phi) is 2.32. The predicted octanol–water partition coefficient (Wildman–Crippen LogP) is 3.05. The highest BCUT2D eigenvalue weighted by Gasteiger charge is 2.45. The van der Waals surface area contributed by atoms with Gasteiger partial charge in [-0.25, -0.2) is 0 Å². The number of hydrogen-bond acceptors (Lipinski definition) is 1. The standard InChI is InChI=1S/C15H20O/c1-15-10-4-7-14(16)13(15)9-8-11-5-2-3-6-12(11)15/h2-3,5-6,13-14,16H,4,7-10H2,1H3/t13-,14-,15-/m1/s1. The van der Waals surface area contributed by atoms with Crippen LogP contribution in [-0.2, 0) is 11.8 Å². The summed E-state index contributed by atoms with van der Waals surface area (Å²) in [5.74, 6) is 0.483. The summed E-state index contributed by atoms with van der Waals surface area (Å²) in [6.45, 7) is 2.36. The first-order valence-corrected chi connectivity index (χ1v) is 6.48. The third-order valence-electron chi connectivity index (χ3n) is 4.84. The zero-order valence-corrected chi connectivity index (χ0v) is 9.95. The van der Waals surface area contributed by atoms with Crippen LogP contribution in [0.2, 0.25) is 0 Å². The Morgan fingerprint density at radius 1 is 1.25 bits per heavy atom. The molecule has 3 rings (SSSR count). The van der Waals surface area contributed by atoms with Crippen molar-refractivity contribution >= 4 is 0 Å². The summed E-state index contributed by atoms with van der Waals surface area (Å²) in [6, 6.07) is 8.83. The van der Waals surface area contributed by atoms with Crippen molar-refractivity contribution in [3.8, 4) is 0 Å². The van der Waals surface area contributed by atoms with Gasteiger partial charge in [-0.15, -0.1) is 0 Å². The van der Waals surface area contributed by atoms with Crippen LogP contribution in [0.1, 0.15) is 43.7 Å². The molecule has 0 saturated heterocycles. The lowest BCUT2D eigenvalue weighted by Gasteiger charge is -2.48. The minimum absolute atomic E-state index is 0.0768. The second-order valence-electron chi connectivity index (χ2n) is 5.68. The normalized spacial score (nSPS) is 37.6. The number of rotatable bonds is 0. The largest absolute Gasteiger partial charge is 0.393 e. The Balaban J connectivity index is 2.09. The van der Waals surface area contributed by atoms with E-state index in [1.54, 1.807) is 0 Å². The molecule has 1 N–H and O–H groups in total. The molecule has 1 nitrogen and oxygen atoms in total. The van der Waals surface area contributed by atoms with Crippen molar-refractivity contribution in [2.24, 2.45) is 5.92 Å². The first-order valence-electron chi connectivity index (χ1n) is 6.48. The second kappa shape index (κ2) is 3.59. The van der Waals surface area contributed by atoms with Crippen LogP contribution in [0.5, 0.6) is 0 Å². The molecule has 1 aromatic rings. The average Bonchev–Trinajstić information content (AvgIpc) is 2.29. The van der Waals surface area contributed by atoms with Gasteiger partial charge in [0.05, 0.1) is 6.10 Å². The summed E-state index contributed by atoms with van der Waals surface area (Å²) in [7, 11) is 0. The maximum absolute atomic E-state index is 10.2. The van der Waals surface area contributed by atoms with E-state index in [-0.39, 0.29) is 11.5 Å². The molecule has 16 heavy (non-hydrogen) atoms. The molecule has 2 aliphatic rings. The molecule has 1 saturated carbocycles. The highest BCUT2D eigenvalue weighted by atomic mass is 16.3. The fourth-order valence-corrected chi connectivity index (χ4v) is 3.94. The Hall–Kier alpha value is -0.820. The Morgan fingerprint density at radius 3 is 2.94 bits per heavy atom. The molecular weight excluding hydrogens is 196 g/mol. The molecule has 2 aliphatic carbocycles. The van der Waals surface area contributed by atoms with Gasteiger partial charge in [0.15, 0.2) is 0 Å². The molecule has 1 heteroatoms. The summed E-state index contributed by atoms with van der Waals surface area (Å²) in [4.78, 5) is 0. The third kappa shape index (κ3) is 1.34. The van der Waals surface area contributed by atoms with Gasteiger partial charge in [-0.05, 0) is 54.6 Å². The Morgan fingerprint density at radius 2 is 2.06 bits per heavy atom. The van der Waals surface area contributed by atoms with Crippen LogP contribution in [0.25, 0.3) is 0 Å². The first kappa shape index (κ1) is 10.3. The lowest BCUT2D eigenvalue weighted by molar-refractivity contribution is 0.0103. The van der Waals surface area contributed by atoms with Crippen molar-refractivity contribution in [1.82, 2.24) is 0 Å². The first-order chi connectivity index (χ1) is 7.72. The Bertz CT molecular complexity index is 398. The van der Waals surface area contributed by atoms with Crippen LogP contribution >= 0.6 is 0 Å². The van der Waals surface area contributed by atoms with Gasteiger partial charge in [-0.2, -0.15) is 0 Å². The number of hydrogen-bond donors (Lipinski definition) is 1. The van der Waals surface area contributed by atoms with E-state index < -0.39 is 0 Å².